The summed E-state index contributed by atoms with van der Waals surface area (Å²) in [5.74, 6) is -0.550. The van der Waals surface area contributed by atoms with E-state index in [1.807, 2.05) is 0 Å². The van der Waals surface area contributed by atoms with Gasteiger partial charge in [0, 0.05) is 5.69 Å². The number of carbonyl (C=O) groups is 3. The highest BCUT2D eigenvalue weighted by atomic mass is 16.5. The predicted molar refractivity (Wildman–Crippen MR) is 105 cm³/mol. The summed E-state index contributed by atoms with van der Waals surface area (Å²) in [6.07, 6.45) is 0. The minimum absolute atomic E-state index is 0.314. The Bertz CT molecular complexity index is 1050. The Balaban J connectivity index is 1.55. The fraction of sp³-hybridized carbons (Fsp3) is 0.0455. The van der Waals surface area contributed by atoms with Crippen LogP contribution >= 0.6 is 0 Å². The van der Waals surface area contributed by atoms with Gasteiger partial charge in [-0.15, -0.1) is 0 Å². The van der Waals surface area contributed by atoms with E-state index in [9.17, 15) is 14.4 Å². The number of ether oxygens (including phenoxy) is 1. The average Bonchev–Trinajstić information content (AvgIpc) is 2.99. The highest BCUT2D eigenvalue weighted by Crippen LogP contribution is 2.29. The van der Waals surface area contributed by atoms with Crippen LogP contribution in [0.5, 0.6) is 5.75 Å². The van der Waals surface area contributed by atoms with E-state index >= 15 is 0 Å². The minimum Gasteiger partial charge on any atom is -0.496 e. The van der Waals surface area contributed by atoms with Gasteiger partial charge in [-0.25, -0.2) is 4.90 Å². The van der Waals surface area contributed by atoms with Crippen molar-refractivity contribution in [1.29, 1.82) is 0 Å². The lowest BCUT2D eigenvalue weighted by atomic mass is 10.1. The maximum atomic E-state index is 12.5. The molecule has 0 unspecified atom stereocenters. The van der Waals surface area contributed by atoms with E-state index in [0.717, 1.165) is 4.90 Å². The molecule has 0 bridgehead atoms. The summed E-state index contributed by atoms with van der Waals surface area (Å²) in [5, 5.41) is 2.78. The zero-order chi connectivity index (χ0) is 19.7. The van der Waals surface area contributed by atoms with Crippen LogP contribution in [0.3, 0.4) is 0 Å². The molecule has 0 spiro atoms. The van der Waals surface area contributed by atoms with E-state index in [1.54, 1.807) is 72.8 Å². The van der Waals surface area contributed by atoms with E-state index in [0.29, 0.717) is 33.8 Å². The van der Waals surface area contributed by atoms with Gasteiger partial charge in [0.25, 0.3) is 17.7 Å². The van der Waals surface area contributed by atoms with Crippen LogP contribution in [0.2, 0.25) is 0 Å². The summed E-state index contributed by atoms with van der Waals surface area (Å²) in [4.78, 5) is 38.7. The molecule has 1 heterocycles. The van der Waals surface area contributed by atoms with Gasteiger partial charge >= 0.3 is 0 Å². The standard InChI is InChI=1S/C22H16N2O4/c1-28-19-9-5-4-8-18(19)20(25)23-14-10-12-15(13-11-14)24-21(26)16-6-2-3-7-17(16)22(24)27/h2-13H,1H3,(H,23,25). The van der Waals surface area contributed by atoms with Crippen molar-refractivity contribution < 1.29 is 19.1 Å². The van der Waals surface area contributed by atoms with E-state index in [-0.39, 0.29) is 17.7 Å². The molecular weight excluding hydrogens is 356 g/mol. The second kappa shape index (κ2) is 7.00. The highest BCUT2D eigenvalue weighted by Gasteiger charge is 2.36. The second-order valence-electron chi connectivity index (χ2n) is 6.19. The molecule has 0 radical (unpaired) electrons. The number of para-hydroxylation sites is 1. The first kappa shape index (κ1) is 17.5. The first-order valence-corrected chi connectivity index (χ1v) is 8.62. The summed E-state index contributed by atoms with van der Waals surface area (Å²) < 4.78 is 5.20. The Morgan fingerprint density at radius 2 is 1.39 bits per heavy atom. The van der Waals surface area contributed by atoms with E-state index in [1.165, 1.54) is 7.11 Å². The molecular formula is C22H16N2O4. The van der Waals surface area contributed by atoms with Gasteiger partial charge in [0.1, 0.15) is 5.75 Å². The van der Waals surface area contributed by atoms with Crippen LogP contribution in [0.4, 0.5) is 11.4 Å². The van der Waals surface area contributed by atoms with Gasteiger partial charge < -0.3 is 10.1 Å². The number of anilines is 2. The van der Waals surface area contributed by atoms with Gasteiger partial charge in [-0.1, -0.05) is 24.3 Å². The maximum Gasteiger partial charge on any atom is 0.266 e. The number of carbonyl (C=O) groups excluding carboxylic acids is 3. The van der Waals surface area contributed by atoms with Crippen LogP contribution in [0, 0.1) is 0 Å². The molecule has 1 N–H and O–H groups in total. The topological polar surface area (TPSA) is 75.7 Å². The number of methoxy groups -OCH3 is 1. The Morgan fingerprint density at radius 3 is 2.00 bits per heavy atom. The Hall–Kier alpha value is -3.93. The lowest BCUT2D eigenvalue weighted by Crippen LogP contribution is -2.29. The Morgan fingerprint density at radius 1 is 0.821 bits per heavy atom. The molecule has 0 aliphatic carbocycles. The monoisotopic (exact) mass is 372 g/mol. The number of hydrogen-bond donors (Lipinski definition) is 1. The normalized spacial score (nSPS) is 12.7. The zero-order valence-electron chi connectivity index (χ0n) is 15.0. The van der Waals surface area contributed by atoms with Crippen molar-refractivity contribution in [3.63, 3.8) is 0 Å². The van der Waals surface area contributed by atoms with Crippen LogP contribution in [0.25, 0.3) is 0 Å². The lowest BCUT2D eigenvalue weighted by molar-refractivity contribution is 0.0924. The molecule has 3 aromatic rings. The number of fused-ring (bicyclic) bond motifs is 1. The molecule has 6 nitrogen and oxygen atoms in total. The van der Waals surface area contributed by atoms with Gasteiger partial charge in [-0.3, -0.25) is 14.4 Å². The van der Waals surface area contributed by atoms with Crippen molar-refractivity contribution in [3.05, 3.63) is 89.5 Å². The average molecular weight is 372 g/mol. The van der Waals surface area contributed by atoms with Crippen LogP contribution in [0.1, 0.15) is 31.1 Å². The van der Waals surface area contributed by atoms with Crippen molar-refractivity contribution in [2.24, 2.45) is 0 Å². The third-order valence-electron chi connectivity index (χ3n) is 4.53. The number of nitrogens with one attached hydrogen (secondary N) is 1. The molecule has 0 saturated heterocycles. The van der Waals surface area contributed by atoms with Crippen LogP contribution in [-0.2, 0) is 0 Å². The highest BCUT2D eigenvalue weighted by molar-refractivity contribution is 6.34. The van der Waals surface area contributed by atoms with E-state index in [2.05, 4.69) is 5.32 Å². The molecule has 1 aliphatic rings. The molecule has 0 saturated carbocycles. The van der Waals surface area contributed by atoms with Crippen molar-refractivity contribution in [2.45, 2.75) is 0 Å². The predicted octanol–water partition coefficient (Wildman–Crippen LogP) is 3.75. The zero-order valence-corrected chi connectivity index (χ0v) is 15.0. The first-order chi connectivity index (χ1) is 13.6. The molecule has 138 valence electrons. The molecule has 1 aliphatic heterocycles. The quantitative estimate of drug-likeness (QED) is 0.708. The van der Waals surface area contributed by atoms with Crippen LogP contribution in [0.15, 0.2) is 72.8 Å². The summed E-state index contributed by atoms with van der Waals surface area (Å²) in [6.45, 7) is 0. The molecule has 3 amide bonds. The number of hydrogen-bond acceptors (Lipinski definition) is 4. The summed E-state index contributed by atoms with van der Waals surface area (Å²) in [6, 6.07) is 20.2. The van der Waals surface area contributed by atoms with Crippen molar-refractivity contribution >= 4 is 29.1 Å². The smallest absolute Gasteiger partial charge is 0.266 e. The van der Waals surface area contributed by atoms with Gasteiger partial charge in [0.15, 0.2) is 0 Å². The van der Waals surface area contributed by atoms with E-state index < -0.39 is 0 Å². The first-order valence-electron chi connectivity index (χ1n) is 8.62. The summed E-state index contributed by atoms with van der Waals surface area (Å²) in [7, 11) is 1.50. The molecule has 0 atom stereocenters. The van der Waals surface area contributed by atoms with Gasteiger partial charge in [0.2, 0.25) is 0 Å². The van der Waals surface area contributed by atoms with Crippen LogP contribution < -0.4 is 15.0 Å². The number of imide groups is 1. The second-order valence-corrected chi connectivity index (χ2v) is 6.19. The largest absolute Gasteiger partial charge is 0.496 e. The fourth-order valence-corrected chi connectivity index (χ4v) is 3.15. The lowest BCUT2D eigenvalue weighted by Gasteiger charge is -2.15. The van der Waals surface area contributed by atoms with Crippen molar-refractivity contribution in [3.8, 4) is 5.75 Å². The molecule has 28 heavy (non-hydrogen) atoms. The third kappa shape index (κ3) is 2.91. The van der Waals surface area contributed by atoms with E-state index in [4.69, 9.17) is 4.74 Å². The van der Waals surface area contributed by atoms with Crippen LogP contribution in [-0.4, -0.2) is 24.8 Å². The molecule has 3 aromatic carbocycles. The van der Waals surface area contributed by atoms with Gasteiger partial charge in [0.05, 0.1) is 29.5 Å². The summed E-state index contributed by atoms with van der Waals surface area (Å²) in [5.41, 5.74) is 2.18. The molecule has 0 fully saturated rings. The molecule has 0 aromatic heterocycles. The molecule has 4 rings (SSSR count). The SMILES string of the molecule is COc1ccccc1C(=O)Nc1ccc(N2C(=O)c3ccccc3C2=O)cc1. The number of benzene rings is 3. The van der Waals surface area contributed by atoms with Gasteiger partial charge in [-0.2, -0.15) is 0 Å². The van der Waals surface area contributed by atoms with Gasteiger partial charge in [-0.05, 0) is 48.5 Å². The summed E-state index contributed by atoms with van der Waals surface area (Å²) >= 11 is 0. The Kier molecular flexibility index (Phi) is 4.37. The number of rotatable bonds is 4. The number of nitrogens with zero attached hydrogens (tertiary/aromatic N) is 1. The Labute approximate surface area is 161 Å². The fourth-order valence-electron chi connectivity index (χ4n) is 3.15. The minimum atomic E-state index is -0.355. The number of amides is 3. The van der Waals surface area contributed by atoms with Crippen molar-refractivity contribution in [2.75, 3.05) is 17.3 Å². The molecule has 6 heteroatoms. The third-order valence-corrected chi connectivity index (χ3v) is 4.53. The van der Waals surface area contributed by atoms with Crippen molar-refractivity contribution in [1.82, 2.24) is 0 Å². The maximum absolute atomic E-state index is 12.5.